The number of carbonyl (C=O) groups excluding carboxylic acids is 1. The molecule has 0 bridgehead atoms. The van der Waals surface area contributed by atoms with Crippen LogP contribution < -0.4 is 15.8 Å². The van der Waals surface area contributed by atoms with Gasteiger partial charge in [-0.2, -0.15) is 0 Å². The van der Waals surface area contributed by atoms with Gasteiger partial charge in [0.05, 0.1) is 5.70 Å². The van der Waals surface area contributed by atoms with Crippen molar-refractivity contribution in [2.75, 3.05) is 12.4 Å². The van der Waals surface area contributed by atoms with Gasteiger partial charge in [0.15, 0.2) is 0 Å². The molecule has 0 heterocycles. The van der Waals surface area contributed by atoms with Crippen LogP contribution in [0.1, 0.15) is 5.56 Å². The molecule has 0 fully saturated rings. The lowest BCUT2D eigenvalue weighted by atomic mass is 10.1. The quantitative estimate of drug-likeness (QED) is 0.371. The Labute approximate surface area is 170 Å². The first kappa shape index (κ1) is 19.9. The Morgan fingerprint density at radius 2 is 1.55 bits per heavy atom. The zero-order valence-corrected chi connectivity index (χ0v) is 16.4. The largest absolute Gasteiger partial charge is 0.449 e. The summed E-state index contributed by atoms with van der Waals surface area (Å²) in [5, 5.41) is 2.80. The van der Waals surface area contributed by atoms with Gasteiger partial charge in [0.1, 0.15) is 5.75 Å². The highest BCUT2D eigenvalue weighted by Crippen LogP contribution is 2.23. The van der Waals surface area contributed by atoms with Crippen LogP contribution in [0.25, 0.3) is 11.1 Å². The molecule has 0 spiro atoms. The van der Waals surface area contributed by atoms with E-state index < -0.39 is 5.91 Å². The van der Waals surface area contributed by atoms with E-state index in [1.165, 1.54) is 6.21 Å². The zero-order valence-electron chi connectivity index (χ0n) is 16.4. The minimum Gasteiger partial charge on any atom is -0.449 e. The number of nitrogens with zero attached hydrogens (tertiary/aromatic N) is 1. The molecule has 0 radical (unpaired) electrons. The van der Waals surface area contributed by atoms with E-state index in [1.807, 2.05) is 73.7 Å². The number of benzene rings is 3. The summed E-state index contributed by atoms with van der Waals surface area (Å²) in [5.41, 5.74) is 10.1. The summed E-state index contributed by atoms with van der Waals surface area (Å²) in [6.07, 6.45) is 1.39. The van der Waals surface area contributed by atoms with E-state index in [4.69, 9.17) is 10.5 Å². The van der Waals surface area contributed by atoms with Crippen molar-refractivity contribution in [1.82, 2.24) is 0 Å². The van der Waals surface area contributed by atoms with Crippen molar-refractivity contribution >= 4 is 17.8 Å². The van der Waals surface area contributed by atoms with Gasteiger partial charge in [-0.05, 0) is 42.3 Å². The number of amides is 1. The fraction of sp³-hybridized carbons (Fsp3) is 0.0833. The highest BCUT2D eigenvalue weighted by molar-refractivity contribution is 6.06. The lowest BCUT2D eigenvalue weighted by Gasteiger charge is -2.13. The van der Waals surface area contributed by atoms with Gasteiger partial charge in [-0.3, -0.25) is 9.79 Å². The van der Waals surface area contributed by atoms with Crippen molar-refractivity contribution in [2.45, 2.75) is 6.92 Å². The lowest BCUT2D eigenvalue weighted by Crippen LogP contribution is -2.23. The van der Waals surface area contributed by atoms with Crippen LogP contribution in [0.2, 0.25) is 0 Å². The molecule has 3 N–H and O–H groups in total. The van der Waals surface area contributed by atoms with E-state index in [9.17, 15) is 4.79 Å². The Bertz CT molecular complexity index is 1020. The Kier molecular flexibility index (Phi) is 6.43. The first-order valence-electron chi connectivity index (χ1n) is 9.20. The number of rotatable bonds is 6. The Morgan fingerprint density at radius 3 is 2.17 bits per heavy atom. The van der Waals surface area contributed by atoms with Crippen LogP contribution >= 0.6 is 0 Å². The predicted molar refractivity (Wildman–Crippen MR) is 118 cm³/mol. The molecule has 29 heavy (non-hydrogen) atoms. The standard InChI is InChI=1S/C24H23N3O2/c1-17-8-12-20(13-9-17)27-24(28)23(22(25)16-26-2)29-21-14-10-19(11-15-21)18-6-4-3-5-7-18/h3-16H,25H2,1-2H3,(H,27,28)/b23-22-,26-16-. The third-order valence-corrected chi connectivity index (χ3v) is 4.23. The minimum atomic E-state index is -0.446. The highest BCUT2D eigenvalue weighted by atomic mass is 16.5. The molecule has 0 aromatic heterocycles. The molecule has 5 nitrogen and oxygen atoms in total. The van der Waals surface area contributed by atoms with Gasteiger partial charge in [0.25, 0.3) is 5.91 Å². The SMILES string of the molecule is C/N=C\C(N)=C(\Oc1ccc(-c2ccccc2)cc1)C(=O)Nc1ccc(C)cc1. The molecule has 0 saturated heterocycles. The molecule has 3 rings (SSSR count). The summed E-state index contributed by atoms with van der Waals surface area (Å²) >= 11 is 0. The van der Waals surface area contributed by atoms with Crippen LogP contribution in [-0.4, -0.2) is 19.2 Å². The van der Waals surface area contributed by atoms with E-state index in [1.54, 1.807) is 19.2 Å². The molecule has 5 heteroatoms. The third kappa shape index (κ3) is 5.32. The molecular formula is C24H23N3O2. The average Bonchev–Trinajstić information content (AvgIpc) is 2.75. The average molecular weight is 385 g/mol. The molecule has 0 aliphatic rings. The Hall–Kier alpha value is -3.86. The fourth-order valence-corrected chi connectivity index (χ4v) is 2.72. The van der Waals surface area contributed by atoms with E-state index in [0.29, 0.717) is 11.4 Å². The van der Waals surface area contributed by atoms with Gasteiger partial charge in [-0.25, -0.2) is 0 Å². The van der Waals surface area contributed by atoms with Gasteiger partial charge < -0.3 is 15.8 Å². The number of aliphatic imine (C=N–C) groups is 1. The predicted octanol–water partition coefficient (Wildman–Crippen LogP) is 4.55. The number of allylic oxidation sites excluding steroid dienone is 1. The van der Waals surface area contributed by atoms with Crippen LogP contribution in [0.5, 0.6) is 5.75 Å². The summed E-state index contributed by atoms with van der Waals surface area (Å²) < 4.78 is 5.83. The summed E-state index contributed by atoms with van der Waals surface area (Å²) in [4.78, 5) is 16.7. The molecular weight excluding hydrogens is 362 g/mol. The third-order valence-electron chi connectivity index (χ3n) is 4.23. The maximum atomic E-state index is 12.8. The molecule has 3 aromatic rings. The molecule has 146 valence electrons. The normalized spacial score (nSPS) is 11.8. The van der Waals surface area contributed by atoms with Crippen molar-refractivity contribution < 1.29 is 9.53 Å². The van der Waals surface area contributed by atoms with E-state index >= 15 is 0 Å². The van der Waals surface area contributed by atoms with Crippen molar-refractivity contribution in [2.24, 2.45) is 10.7 Å². The molecule has 0 aliphatic carbocycles. The molecule has 0 aliphatic heterocycles. The van der Waals surface area contributed by atoms with Gasteiger partial charge >= 0.3 is 0 Å². The number of carbonyl (C=O) groups is 1. The van der Waals surface area contributed by atoms with Crippen molar-refractivity contribution in [3.63, 3.8) is 0 Å². The molecule has 3 aromatic carbocycles. The van der Waals surface area contributed by atoms with Crippen molar-refractivity contribution in [3.05, 3.63) is 95.9 Å². The number of nitrogens with two attached hydrogens (primary N) is 1. The second-order valence-corrected chi connectivity index (χ2v) is 6.48. The number of hydrogen-bond donors (Lipinski definition) is 2. The zero-order chi connectivity index (χ0) is 20.6. The van der Waals surface area contributed by atoms with E-state index in [2.05, 4.69) is 10.3 Å². The van der Waals surface area contributed by atoms with Crippen LogP contribution in [0.3, 0.4) is 0 Å². The maximum Gasteiger partial charge on any atom is 0.293 e. The monoisotopic (exact) mass is 385 g/mol. The van der Waals surface area contributed by atoms with Crippen LogP contribution in [0.4, 0.5) is 5.69 Å². The van der Waals surface area contributed by atoms with Crippen LogP contribution in [0, 0.1) is 6.92 Å². The molecule has 0 atom stereocenters. The topological polar surface area (TPSA) is 76.7 Å². The van der Waals surface area contributed by atoms with Crippen LogP contribution in [-0.2, 0) is 4.79 Å². The fourth-order valence-electron chi connectivity index (χ4n) is 2.72. The van der Waals surface area contributed by atoms with Crippen molar-refractivity contribution in [3.8, 4) is 16.9 Å². The van der Waals surface area contributed by atoms with E-state index in [-0.39, 0.29) is 11.5 Å². The molecule has 1 amide bonds. The van der Waals surface area contributed by atoms with Gasteiger partial charge in [-0.1, -0.05) is 60.2 Å². The number of hydrogen-bond acceptors (Lipinski definition) is 4. The van der Waals surface area contributed by atoms with Crippen LogP contribution in [0.15, 0.2) is 95.3 Å². The van der Waals surface area contributed by atoms with Gasteiger partial charge in [0.2, 0.25) is 5.76 Å². The maximum absolute atomic E-state index is 12.8. The minimum absolute atomic E-state index is 0.0105. The first-order valence-corrected chi connectivity index (χ1v) is 9.20. The molecule has 0 unspecified atom stereocenters. The first-order chi connectivity index (χ1) is 14.1. The number of ether oxygens (including phenoxy) is 1. The molecule has 0 saturated carbocycles. The summed E-state index contributed by atoms with van der Waals surface area (Å²) in [5.74, 6) is 0.0493. The van der Waals surface area contributed by atoms with Gasteiger partial charge in [-0.15, -0.1) is 0 Å². The van der Waals surface area contributed by atoms with Gasteiger partial charge in [0, 0.05) is 18.9 Å². The summed E-state index contributed by atoms with van der Waals surface area (Å²) in [6.45, 7) is 1.98. The number of aryl methyl sites for hydroxylation is 1. The lowest BCUT2D eigenvalue weighted by molar-refractivity contribution is -0.114. The van der Waals surface area contributed by atoms with Crippen molar-refractivity contribution in [1.29, 1.82) is 0 Å². The summed E-state index contributed by atoms with van der Waals surface area (Å²) in [7, 11) is 1.58. The second-order valence-electron chi connectivity index (χ2n) is 6.48. The number of nitrogens with one attached hydrogen (secondary N) is 1. The highest BCUT2D eigenvalue weighted by Gasteiger charge is 2.17. The number of anilines is 1. The summed E-state index contributed by atoms with van der Waals surface area (Å²) in [6, 6.07) is 25.0. The van der Waals surface area contributed by atoms with E-state index in [0.717, 1.165) is 16.7 Å². The Balaban J connectivity index is 1.81. The second kappa shape index (κ2) is 9.37. The smallest absolute Gasteiger partial charge is 0.293 e. The Morgan fingerprint density at radius 1 is 0.931 bits per heavy atom.